The third kappa shape index (κ3) is 3.72. The molecular weight excluding hydrogens is 292 g/mol. The van der Waals surface area contributed by atoms with Crippen molar-refractivity contribution in [2.45, 2.75) is 12.8 Å². The van der Waals surface area contributed by atoms with Gasteiger partial charge in [-0.15, -0.1) is 0 Å². The van der Waals surface area contributed by atoms with Crippen LogP contribution in [0.5, 0.6) is 17.2 Å². The number of ether oxygens (including phenoxy) is 2. The van der Waals surface area contributed by atoms with Crippen molar-refractivity contribution in [3.63, 3.8) is 0 Å². The second-order valence-electron chi connectivity index (χ2n) is 5.32. The predicted octanol–water partition coefficient (Wildman–Crippen LogP) is 3.84. The van der Waals surface area contributed by atoms with Gasteiger partial charge >= 0.3 is 0 Å². The van der Waals surface area contributed by atoms with Crippen molar-refractivity contribution in [3.05, 3.63) is 59.7 Å². The van der Waals surface area contributed by atoms with Crippen molar-refractivity contribution >= 4 is 11.9 Å². The predicted molar refractivity (Wildman–Crippen MR) is 88.1 cm³/mol. The number of para-hydroxylation sites is 1. The van der Waals surface area contributed by atoms with Crippen LogP contribution in [-0.2, 0) is 0 Å². The molecule has 0 spiro atoms. The first-order valence-electron chi connectivity index (χ1n) is 7.64. The average Bonchev–Trinajstić information content (AvgIpc) is 2.54. The van der Waals surface area contributed by atoms with Crippen LogP contribution in [0.4, 0.5) is 0 Å². The zero-order chi connectivity index (χ0) is 16.1. The number of carbonyl (C=O) groups excluding carboxylic acids is 1. The van der Waals surface area contributed by atoms with Gasteiger partial charge < -0.3 is 14.6 Å². The number of hydrogen-bond donors (Lipinski definition) is 1. The third-order valence-electron chi connectivity index (χ3n) is 3.62. The quantitative estimate of drug-likeness (QED) is 0.691. The molecule has 2 aromatic carbocycles. The first kappa shape index (κ1) is 15.2. The number of hydrogen-bond acceptors (Lipinski definition) is 4. The first-order valence-corrected chi connectivity index (χ1v) is 7.64. The molecule has 0 atom stereocenters. The summed E-state index contributed by atoms with van der Waals surface area (Å²) in [6.45, 7) is 1.36. The maximum Gasteiger partial charge on any atom is 0.189 e. The largest absolute Gasteiger partial charge is 0.507 e. The number of aromatic hydroxyl groups is 1. The van der Waals surface area contributed by atoms with Gasteiger partial charge in [-0.2, -0.15) is 0 Å². The van der Waals surface area contributed by atoms with E-state index in [1.807, 2.05) is 18.2 Å². The van der Waals surface area contributed by atoms with Crippen LogP contribution < -0.4 is 9.47 Å². The van der Waals surface area contributed by atoms with Crippen LogP contribution in [0.1, 0.15) is 28.8 Å². The second-order valence-corrected chi connectivity index (χ2v) is 5.32. The van der Waals surface area contributed by atoms with E-state index >= 15 is 0 Å². The smallest absolute Gasteiger partial charge is 0.189 e. The van der Waals surface area contributed by atoms with E-state index in [-0.39, 0.29) is 17.1 Å². The molecule has 0 saturated heterocycles. The van der Waals surface area contributed by atoms with Gasteiger partial charge in [-0.3, -0.25) is 4.79 Å². The van der Waals surface area contributed by atoms with Crippen molar-refractivity contribution in [2.24, 2.45) is 0 Å². The molecule has 0 radical (unpaired) electrons. The van der Waals surface area contributed by atoms with Gasteiger partial charge in [-0.05, 0) is 48.7 Å². The van der Waals surface area contributed by atoms with E-state index < -0.39 is 0 Å². The van der Waals surface area contributed by atoms with Gasteiger partial charge in [-0.1, -0.05) is 24.3 Å². The average molecular weight is 310 g/mol. The summed E-state index contributed by atoms with van der Waals surface area (Å²) in [5.41, 5.74) is 1.13. The minimum absolute atomic E-state index is 0.0166. The van der Waals surface area contributed by atoms with Crippen molar-refractivity contribution < 1.29 is 19.4 Å². The summed E-state index contributed by atoms with van der Waals surface area (Å²) in [7, 11) is 0. The molecule has 1 heterocycles. The second kappa shape index (κ2) is 7.01. The van der Waals surface area contributed by atoms with E-state index in [1.165, 1.54) is 12.1 Å². The summed E-state index contributed by atoms with van der Waals surface area (Å²) in [6, 6.07) is 12.1. The Balaban J connectivity index is 1.78. The van der Waals surface area contributed by atoms with Crippen molar-refractivity contribution in [3.8, 4) is 17.2 Å². The molecule has 0 aliphatic carbocycles. The van der Waals surface area contributed by atoms with Gasteiger partial charge in [0, 0.05) is 0 Å². The number of rotatable bonds is 3. The summed E-state index contributed by atoms with van der Waals surface area (Å²) >= 11 is 0. The summed E-state index contributed by atoms with van der Waals surface area (Å²) in [6.07, 6.45) is 5.10. The molecule has 3 rings (SSSR count). The number of benzene rings is 2. The lowest BCUT2D eigenvalue weighted by Gasteiger charge is -2.16. The van der Waals surface area contributed by atoms with Gasteiger partial charge in [0.2, 0.25) is 0 Å². The Morgan fingerprint density at radius 3 is 2.52 bits per heavy atom. The summed E-state index contributed by atoms with van der Waals surface area (Å²) in [4.78, 5) is 12.1. The Kier molecular flexibility index (Phi) is 4.62. The van der Waals surface area contributed by atoms with Crippen LogP contribution in [-0.4, -0.2) is 24.1 Å². The number of carbonyl (C=O) groups is 1. The number of phenols is 1. The number of phenolic OH excluding ortho intramolecular Hbond substituents is 1. The highest BCUT2D eigenvalue weighted by Crippen LogP contribution is 2.30. The highest BCUT2D eigenvalue weighted by Gasteiger charge is 2.10. The van der Waals surface area contributed by atoms with Crippen LogP contribution in [0.15, 0.2) is 48.5 Å². The Hall–Kier alpha value is -2.75. The minimum Gasteiger partial charge on any atom is -0.507 e. The summed E-state index contributed by atoms with van der Waals surface area (Å²) in [5.74, 6) is 1.17. The van der Waals surface area contributed by atoms with E-state index in [0.717, 1.165) is 24.2 Å². The van der Waals surface area contributed by atoms with Crippen LogP contribution in [0, 0.1) is 0 Å². The molecule has 118 valence electrons. The fourth-order valence-electron chi connectivity index (χ4n) is 2.37. The molecule has 4 nitrogen and oxygen atoms in total. The lowest BCUT2D eigenvalue weighted by molar-refractivity contribution is 0.104. The standard InChI is InChI=1S/C19H18O4/c20-16-6-2-1-5-15(16)17(21)9-7-14-8-10-18-19(13-14)23-12-4-3-11-22-18/h1-2,5-10,13,20H,3-4,11-12H2/b9-7+. The van der Waals surface area contributed by atoms with E-state index in [0.29, 0.717) is 19.0 Å². The molecule has 1 aliphatic heterocycles. The molecule has 0 aromatic heterocycles. The molecule has 1 N–H and O–H groups in total. The molecule has 0 fully saturated rings. The fourth-order valence-corrected chi connectivity index (χ4v) is 2.37. The van der Waals surface area contributed by atoms with E-state index in [4.69, 9.17) is 9.47 Å². The molecule has 2 aromatic rings. The van der Waals surface area contributed by atoms with Crippen molar-refractivity contribution in [2.75, 3.05) is 13.2 Å². The van der Waals surface area contributed by atoms with Crippen molar-refractivity contribution in [1.82, 2.24) is 0 Å². The topological polar surface area (TPSA) is 55.8 Å². The molecule has 0 unspecified atom stereocenters. The van der Waals surface area contributed by atoms with E-state index in [2.05, 4.69) is 0 Å². The molecule has 4 heteroatoms. The Labute approximate surface area is 135 Å². The highest BCUT2D eigenvalue weighted by molar-refractivity contribution is 6.08. The first-order chi connectivity index (χ1) is 11.2. The number of fused-ring (bicyclic) bond motifs is 1. The fraction of sp³-hybridized carbons (Fsp3) is 0.211. The van der Waals surface area contributed by atoms with Gasteiger partial charge in [0.25, 0.3) is 0 Å². The maximum atomic E-state index is 12.1. The molecule has 0 bridgehead atoms. The van der Waals surface area contributed by atoms with Gasteiger partial charge in [0.05, 0.1) is 18.8 Å². The monoisotopic (exact) mass is 310 g/mol. The maximum absolute atomic E-state index is 12.1. The van der Waals surface area contributed by atoms with E-state index in [9.17, 15) is 9.90 Å². The Morgan fingerprint density at radius 2 is 1.74 bits per heavy atom. The van der Waals surface area contributed by atoms with Gasteiger partial charge in [0.15, 0.2) is 17.3 Å². The normalized spacial score (nSPS) is 14.3. The van der Waals surface area contributed by atoms with Crippen LogP contribution in [0.25, 0.3) is 6.08 Å². The molecule has 0 amide bonds. The van der Waals surface area contributed by atoms with Crippen molar-refractivity contribution in [1.29, 1.82) is 0 Å². The highest BCUT2D eigenvalue weighted by atomic mass is 16.5. The SMILES string of the molecule is O=C(/C=C/c1ccc2c(c1)OCCCCO2)c1ccccc1O. The number of allylic oxidation sites excluding steroid dienone is 1. The van der Waals surface area contributed by atoms with Crippen LogP contribution in [0.3, 0.4) is 0 Å². The Morgan fingerprint density at radius 1 is 1.00 bits per heavy atom. The lowest BCUT2D eigenvalue weighted by Crippen LogP contribution is -2.08. The van der Waals surface area contributed by atoms with Crippen LogP contribution in [0.2, 0.25) is 0 Å². The zero-order valence-electron chi connectivity index (χ0n) is 12.7. The molecule has 23 heavy (non-hydrogen) atoms. The third-order valence-corrected chi connectivity index (χ3v) is 3.62. The minimum atomic E-state index is -0.244. The zero-order valence-corrected chi connectivity index (χ0v) is 12.7. The lowest BCUT2D eigenvalue weighted by atomic mass is 10.1. The van der Waals surface area contributed by atoms with Gasteiger partial charge in [-0.25, -0.2) is 0 Å². The van der Waals surface area contributed by atoms with Gasteiger partial charge in [0.1, 0.15) is 5.75 Å². The number of ketones is 1. The van der Waals surface area contributed by atoms with Crippen LogP contribution >= 0.6 is 0 Å². The Bertz CT molecular complexity index is 734. The molecule has 0 saturated carbocycles. The summed E-state index contributed by atoms with van der Waals surface area (Å²) in [5, 5.41) is 9.70. The molecule has 1 aliphatic rings. The summed E-state index contributed by atoms with van der Waals surface area (Å²) < 4.78 is 11.3. The van der Waals surface area contributed by atoms with E-state index in [1.54, 1.807) is 24.3 Å². The molecular formula is C19H18O4.